The van der Waals surface area contributed by atoms with Gasteiger partial charge in [-0.1, -0.05) is 23.7 Å². The molecule has 3 aliphatic heterocycles. The van der Waals surface area contributed by atoms with E-state index in [1.807, 2.05) is 5.38 Å². The molecule has 4 aliphatic rings. The summed E-state index contributed by atoms with van der Waals surface area (Å²) in [6, 6.07) is 3.25. The Morgan fingerprint density at radius 2 is 2.05 bits per heavy atom. The van der Waals surface area contributed by atoms with Crippen molar-refractivity contribution in [2.75, 3.05) is 46.1 Å². The number of carbonyl (C=O) groups excluding carboxylic acids is 3. The van der Waals surface area contributed by atoms with Gasteiger partial charge < -0.3 is 19.7 Å². The maximum Gasteiger partial charge on any atom is 0.338 e. The fraction of sp³-hybridized carbons (Fsp3) is 0.464. The van der Waals surface area contributed by atoms with Gasteiger partial charge in [0, 0.05) is 55.6 Å². The van der Waals surface area contributed by atoms with Crippen LogP contribution in [0.4, 0.5) is 9.18 Å². The minimum atomic E-state index is -0.923. The number of thiazole rings is 1. The first-order chi connectivity index (χ1) is 20.3. The fourth-order valence-electron chi connectivity index (χ4n) is 5.47. The third-order valence-electron chi connectivity index (χ3n) is 7.70. The Bertz CT molecular complexity index is 1450. The highest BCUT2D eigenvalue weighted by atomic mass is 35.5. The van der Waals surface area contributed by atoms with Gasteiger partial charge in [-0.3, -0.25) is 19.6 Å². The van der Waals surface area contributed by atoms with Gasteiger partial charge in [-0.2, -0.15) is 0 Å². The van der Waals surface area contributed by atoms with E-state index in [9.17, 15) is 18.8 Å². The molecule has 3 fully saturated rings. The quantitative estimate of drug-likeness (QED) is 0.427. The maximum absolute atomic E-state index is 14.6. The minimum Gasteiger partial charge on any atom is -0.463 e. The number of halogens is 2. The lowest BCUT2D eigenvalue weighted by molar-refractivity contribution is -0.148. The van der Waals surface area contributed by atoms with Crippen molar-refractivity contribution in [3.05, 3.63) is 62.5 Å². The molecule has 222 valence electrons. The van der Waals surface area contributed by atoms with Crippen molar-refractivity contribution in [2.45, 2.75) is 31.8 Å². The number of benzene rings is 1. The standard InChI is InChI=1S/C28H30ClFN6O5S/c1-2-40-27(38)21-20(32-24(25-31-8-11-42-25)33-23(21)18-4-3-5-19(30)22(18)29)14-34-9-10-36-17(12-34)13-35(28(36)39)15-41-26(37)16-6-7-16/h3-5,8,11,16-17,23H,2,6-7,9-10,12-15H2,1H3,(H,32,33)/t17-,23-/m0/s1. The van der Waals surface area contributed by atoms with Crippen molar-refractivity contribution in [3.8, 4) is 0 Å². The molecular weight excluding hydrogens is 587 g/mol. The Balaban J connectivity index is 1.26. The van der Waals surface area contributed by atoms with Gasteiger partial charge in [0.1, 0.15) is 11.9 Å². The van der Waals surface area contributed by atoms with Crippen LogP contribution in [0.25, 0.3) is 0 Å². The van der Waals surface area contributed by atoms with Crippen molar-refractivity contribution >= 4 is 46.7 Å². The molecule has 4 heterocycles. The molecular formula is C28H30ClFN6O5S. The first kappa shape index (κ1) is 28.6. The van der Waals surface area contributed by atoms with Crippen LogP contribution in [0.5, 0.6) is 0 Å². The van der Waals surface area contributed by atoms with Gasteiger partial charge in [0.2, 0.25) is 0 Å². The van der Waals surface area contributed by atoms with E-state index in [0.29, 0.717) is 54.8 Å². The number of carbonyl (C=O) groups is 3. The molecule has 2 atom stereocenters. The molecule has 11 nitrogen and oxygen atoms in total. The first-order valence-electron chi connectivity index (χ1n) is 13.9. The number of amidine groups is 1. The number of esters is 2. The van der Waals surface area contributed by atoms with E-state index in [0.717, 1.165) is 12.8 Å². The number of aliphatic imine (C=N–C) groups is 1. The number of piperazine rings is 1. The molecule has 14 heteroatoms. The number of urea groups is 1. The maximum atomic E-state index is 14.6. The smallest absolute Gasteiger partial charge is 0.338 e. The summed E-state index contributed by atoms with van der Waals surface area (Å²) in [4.78, 5) is 53.0. The summed E-state index contributed by atoms with van der Waals surface area (Å²) < 4.78 is 25.4. The number of hydrogen-bond acceptors (Lipinski definition) is 10. The van der Waals surface area contributed by atoms with E-state index in [1.54, 1.807) is 29.0 Å². The van der Waals surface area contributed by atoms with Gasteiger partial charge in [-0.15, -0.1) is 11.3 Å². The predicted octanol–water partition coefficient (Wildman–Crippen LogP) is 3.18. The Labute approximate surface area is 250 Å². The number of rotatable bonds is 9. The second-order valence-corrected chi connectivity index (χ2v) is 11.8. The molecule has 2 amide bonds. The lowest BCUT2D eigenvalue weighted by Gasteiger charge is -2.38. The molecule has 2 aromatic rings. The number of ether oxygens (including phenoxy) is 2. The van der Waals surface area contributed by atoms with Gasteiger partial charge in [0.15, 0.2) is 17.6 Å². The molecule has 1 saturated carbocycles. The largest absolute Gasteiger partial charge is 0.463 e. The number of amides is 2. The molecule has 0 bridgehead atoms. The predicted molar refractivity (Wildman–Crippen MR) is 152 cm³/mol. The van der Waals surface area contributed by atoms with Crippen molar-refractivity contribution < 1.29 is 28.2 Å². The summed E-state index contributed by atoms with van der Waals surface area (Å²) in [6.07, 6.45) is 3.34. The SMILES string of the molecule is CCOC(=O)C1=C(CN2CCN3C(=O)N(COC(=O)C4CC4)C[C@@H]3C2)NC(c2nccs2)=N[C@H]1c1cccc(F)c1Cl. The average molecular weight is 617 g/mol. The zero-order valence-corrected chi connectivity index (χ0v) is 24.5. The van der Waals surface area contributed by atoms with Crippen LogP contribution < -0.4 is 5.32 Å². The highest BCUT2D eigenvalue weighted by Gasteiger charge is 2.43. The van der Waals surface area contributed by atoms with Crippen molar-refractivity contribution in [1.82, 2.24) is 25.0 Å². The third kappa shape index (κ3) is 5.72. The molecule has 42 heavy (non-hydrogen) atoms. The van der Waals surface area contributed by atoms with Crippen LogP contribution >= 0.6 is 22.9 Å². The second kappa shape index (κ2) is 12.0. The molecule has 1 aliphatic carbocycles. The van der Waals surface area contributed by atoms with E-state index in [4.69, 9.17) is 26.1 Å². The summed E-state index contributed by atoms with van der Waals surface area (Å²) >= 11 is 7.78. The monoisotopic (exact) mass is 616 g/mol. The van der Waals surface area contributed by atoms with E-state index in [2.05, 4.69) is 15.2 Å². The number of fused-ring (bicyclic) bond motifs is 1. The van der Waals surface area contributed by atoms with Gasteiger partial charge in [0.25, 0.3) is 0 Å². The number of hydrogen-bond donors (Lipinski definition) is 1. The average Bonchev–Trinajstić information content (AvgIpc) is 3.59. The fourth-order valence-corrected chi connectivity index (χ4v) is 6.29. The second-order valence-electron chi connectivity index (χ2n) is 10.6. The van der Waals surface area contributed by atoms with Crippen LogP contribution in [-0.2, 0) is 19.1 Å². The van der Waals surface area contributed by atoms with E-state index in [1.165, 1.54) is 23.5 Å². The number of nitrogens with zero attached hydrogens (tertiary/aromatic N) is 5. The normalized spacial score (nSPS) is 22.5. The van der Waals surface area contributed by atoms with Crippen LogP contribution in [0.2, 0.25) is 5.02 Å². The Morgan fingerprint density at radius 3 is 2.79 bits per heavy atom. The van der Waals surface area contributed by atoms with Gasteiger partial charge in [0.05, 0.1) is 29.2 Å². The highest BCUT2D eigenvalue weighted by molar-refractivity contribution is 7.11. The number of nitrogens with one attached hydrogen (secondary N) is 1. The molecule has 1 N–H and O–H groups in total. The first-order valence-corrected chi connectivity index (χ1v) is 15.1. The van der Waals surface area contributed by atoms with Gasteiger partial charge in [-0.05, 0) is 25.8 Å². The summed E-state index contributed by atoms with van der Waals surface area (Å²) in [7, 11) is 0. The summed E-state index contributed by atoms with van der Waals surface area (Å²) in [6.45, 7) is 4.12. The van der Waals surface area contributed by atoms with Gasteiger partial charge >= 0.3 is 18.0 Å². The number of aromatic nitrogens is 1. The third-order valence-corrected chi connectivity index (χ3v) is 8.88. The van der Waals surface area contributed by atoms with Gasteiger partial charge in [-0.25, -0.2) is 19.0 Å². The Kier molecular flexibility index (Phi) is 8.15. The van der Waals surface area contributed by atoms with E-state index in [-0.39, 0.29) is 47.9 Å². The minimum absolute atomic E-state index is 0.0328. The van der Waals surface area contributed by atoms with Crippen molar-refractivity contribution in [3.63, 3.8) is 0 Å². The Hall–Kier alpha value is -3.55. The lowest BCUT2D eigenvalue weighted by atomic mass is 9.95. The van der Waals surface area contributed by atoms with Crippen LogP contribution in [0.1, 0.15) is 36.4 Å². The molecule has 1 aromatic carbocycles. The topological polar surface area (TPSA) is 117 Å². The van der Waals surface area contributed by atoms with Crippen molar-refractivity contribution in [2.24, 2.45) is 10.9 Å². The zero-order valence-electron chi connectivity index (χ0n) is 22.9. The van der Waals surface area contributed by atoms with Crippen LogP contribution in [0.15, 0.2) is 46.0 Å². The van der Waals surface area contributed by atoms with Crippen LogP contribution in [-0.4, -0.2) is 95.6 Å². The molecule has 1 aromatic heterocycles. The summed E-state index contributed by atoms with van der Waals surface area (Å²) in [5.41, 5.74) is 1.13. The van der Waals surface area contributed by atoms with E-state index < -0.39 is 17.8 Å². The van der Waals surface area contributed by atoms with Crippen LogP contribution in [0.3, 0.4) is 0 Å². The molecule has 2 saturated heterocycles. The molecule has 0 unspecified atom stereocenters. The molecule has 0 spiro atoms. The van der Waals surface area contributed by atoms with Crippen molar-refractivity contribution in [1.29, 1.82) is 0 Å². The zero-order chi connectivity index (χ0) is 29.4. The lowest BCUT2D eigenvalue weighted by Crippen LogP contribution is -2.53. The van der Waals surface area contributed by atoms with E-state index >= 15 is 0 Å². The highest BCUT2D eigenvalue weighted by Crippen LogP contribution is 2.38. The molecule has 0 radical (unpaired) electrons. The molecule has 6 rings (SSSR count). The summed E-state index contributed by atoms with van der Waals surface area (Å²) in [5.74, 6) is -1.03. The summed E-state index contributed by atoms with van der Waals surface area (Å²) in [5, 5.41) is 5.61. The Morgan fingerprint density at radius 1 is 1.21 bits per heavy atom. The van der Waals surface area contributed by atoms with Crippen LogP contribution in [0, 0.1) is 11.7 Å².